The lowest BCUT2D eigenvalue weighted by Crippen LogP contribution is -2.22. The Labute approximate surface area is 103 Å². The van der Waals surface area contributed by atoms with Gasteiger partial charge in [-0.1, -0.05) is 31.8 Å². The van der Waals surface area contributed by atoms with Gasteiger partial charge in [0.1, 0.15) is 0 Å². The smallest absolute Gasteiger partial charge is 0.338 e. The molecule has 0 bridgehead atoms. The molecule has 0 saturated heterocycles. The summed E-state index contributed by atoms with van der Waals surface area (Å²) >= 11 is 0. The van der Waals surface area contributed by atoms with Gasteiger partial charge in [-0.2, -0.15) is 0 Å². The molecule has 3 nitrogen and oxygen atoms in total. The highest BCUT2D eigenvalue weighted by molar-refractivity contribution is 6.76. The van der Waals surface area contributed by atoms with Crippen molar-refractivity contribution < 1.29 is 14.6 Å². The number of aliphatic hydroxyl groups is 1. The van der Waals surface area contributed by atoms with Crippen LogP contribution in [0.3, 0.4) is 0 Å². The molecule has 1 aromatic rings. The van der Waals surface area contributed by atoms with Crippen LogP contribution in [0.4, 0.5) is 0 Å². The first kappa shape index (κ1) is 13.9. The topological polar surface area (TPSA) is 46.5 Å². The number of hydrogen-bond acceptors (Lipinski definition) is 3. The number of rotatable bonds is 5. The van der Waals surface area contributed by atoms with E-state index in [2.05, 4.69) is 19.6 Å². The second-order valence-corrected chi connectivity index (χ2v) is 10.9. The number of benzene rings is 1. The molecular formula is C13H20O3Si. The van der Waals surface area contributed by atoms with Crippen molar-refractivity contribution in [1.29, 1.82) is 0 Å². The van der Waals surface area contributed by atoms with E-state index in [1.807, 2.05) is 0 Å². The third-order valence-electron chi connectivity index (χ3n) is 2.46. The fourth-order valence-corrected chi connectivity index (χ4v) is 1.99. The van der Waals surface area contributed by atoms with Crippen molar-refractivity contribution in [1.82, 2.24) is 0 Å². The highest BCUT2D eigenvalue weighted by atomic mass is 28.3. The fraction of sp³-hybridized carbons (Fsp3) is 0.462. The van der Waals surface area contributed by atoms with Crippen molar-refractivity contribution >= 4 is 14.0 Å². The van der Waals surface area contributed by atoms with Crippen LogP contribution in [-0.2, 0) is 11.3 Å². The number of esters is 1. The van der Waals surface area contributed by atoms with Crippen molar-refractivity contribution in [3.8, 4) is 0 Å². The van der Waals surface area contributed by atoms with Crippen LogP contribution in [0.2, 0.25) is 25.7 Å². The number of hydrogen-bond donors (Lipinski definition) is 1. The quantitative estimate of drug-likeness (QED) is 0.647. The van der Waals surface area contributed by atoms with Crippen molar-refractivity contribution in [2.45, 2.75) is 32.3 Å². The predicted octanol–water partition coefficient (Wildman–Crippen LogP) is 2.67. The summed E-state index contributed by atoms with van der Waals surface area (Å²) in [7, 11) is -1.15. The molecule has 0 amide bonds. The van der Waals surface area contributed by atoms with Crippen LogP contribution in [-0.4, -0.2) is 25.8 Å². The molecule has 0 aliphatic rings. The molecule has 0 fully saturated rings. The second kappa shape index (κ2) is 5.98. The molecule has 0 aromatic heterocycles. The molecule has 1 aromatic carbocycles. The van der Waals surface area contributed by atoms with E-state index in [-0.39, 0.29) is 12.6 Å². The summed E-state index contributed by atoms with van der Waals surface area (Å²) in [6, 6.07) is 7.81. The maximum Gasteiger partial charge on any atom is 0.338 e. The van der Waals surface area contributed by atoms with Gasteiger partial charge in [-0.05, 0) is 23.7 Å². The van der Waals surface area contributed by atoms with E-state index < -0.39 is 8.07 Å². The lowest BCUT2D eigenvalue weighted by atomic mass is 10.1. The van der Waals surface area contributed by atoms with Gasteiger partial charge in [0, 0.05) is 8.07 Å². The summed E-state index contributed by atoms with van der Waals surface area (Å²) < 4.78 is 5.21. The lowest BCUT2D eigenvalue weighted by Gasteiger charge is -2.15. The molecule has 4 heteroatoms. The number of carbonyl (C=O) groups excluding carboxylic acids is 1. The predicted molar refractivity (Wildman–Crippen MR) is 70.8 cm³/mol. The Morgan fingerprint density at radius 1 is 1.24 bits per heavy atom. The fourth-order valence-electron chi connectivity index (χ4n) is 1.28. The molecule has 0 heterocycles. The molecule has 0 aliphatic heterocycles. The molecule has 0 spiro atoms. The maximum absolute atomic E-state index is 11.7. The zero-order valence-corrected chi connectivity index (χ0v) is 11.7. The minimum atomic E-state index is -1.15. The van der Waals surface area contributed by atoms with Crippen LogP contribution < -0.4 is 0 Å². The van der Waals surface area contributed by atoms with Gasteiger partial charge in [0.2, 0.25) is 0 Å². The number of aliphatic hydroxyl groups excluding tert-OH is 1. The van der Waals surface area contributed by atoms with Crippen LogP contribution in [0.15, 0.2) is 24.3 Å². The summed E-state index contributed by atoms with van der Waals surface area (Å²) in [4.78, 5) is 11.7. The largest absolute Gasteiger partial charge is 0.462 e. The Kier molecular flexibility index (Phi) is 4.90. The first-order chi connectivity index (χ1) is 7.92. The van der Waals surface area contributed by atoms with E-state index in [9.17, 15) is 4.79 Å². The van der Waals surface area contributed by atoms with E-state index >= 15 is 0 Å². The highest BCUT2D eigenvalue weighted by Gasteiger charge is 2.14. The van der Waals surface area contributed by atoms with E-state index in [1.54, 1.807) is 24.3 Å². The van der Waals surface area contributed by atoms with E-state index in [0.29, 0.717) is 12.2 Å². The molecule has 1 rings (SSSR count). The zero-order chi connectivity index (χ0) is 12.9. The monoisotopic (exact) mass is 252 g/mol. The summed E-state index contributed by atoms with van der Waals surface area (Å²) in [5.41, 5.74) is 1.33. The van der Waals surface area contributed by atoms with Gasteiger partial charge in [0.15, 0.2) is 0 Å². The number of carbonyl (C=O) groups is 1. The van der Waals surface area contributed by atoms with E-state index in [0.717, 1.165) is 11.6 Å². The molecule has 0 unspecified atom stereocenters. The van der Waals surface area contributed by atoms with Crippen LogP contribution in [0, 0.1) is 0 Å². The lowest BCUT2D eigenvalue weighted by molar-refractivity contribution is 0.0525. The normalized spacial score (nSPS) is 11.3. The Morgan fingerprint density at radius 3 is 2.29 bits per heavy atom. The van der Waals surface area contributed by atoms with Crippen LogP contribution in [0.5, 0.6) is 0 Å². The van der Waals surface area contributed by atoms with Gasteiger partial charge in [0.05, 0.1) is 18.8 Å². The Morgan fingerprint density at radius 2 is 1.82 bits per heavy atom. The average molecular weight is 252 g/mol. The SMILES string of the molecule is C[Si](C)(C)CCOC(=O)c1ccc(CO)cc1. The maximum atomic E-state index is 11.7. The molecule has 0 atom stereocenters. The minimum Gasteiger partial charge on any atom is -0.462 e. The zero-order valence-electron chi connectivity index (χ0n) is 10.7. The summed E-state index contributed by atoms with van der Waals surface area (Å²) in [5.74, 6) is -0.285. The van der Waals surface area contributed by atoms with E-state index in [4.69, 9.17) is 9.84 Å². The highest BCUT2D eigenvalue weighted by Crippen LogP contribution is 2.10. The molecule has 94 valence electrons. The van der Waals surface area contributed by atoms with Gasteiger partial charge in [-0.15, -0.1) is 0 Å². The van der Waals surface area contributed by atoms with Crippen molar-refractivity contribution in [3.63, 3.8) is 0 Å². The Hall–Kier alpha value is -1.13. The van der Waals surface area contributed by atoms with Crippen molar-refractivity contribution in [2.75, 3.05) is 6.61 Å². The van der Waals surface area contributed by atoms with Gasteiger partial charge >= 0.3 is 5.97 Å². The molecule has 0 radical (unpaired) electrons. The van der Waals surface area contributed by atoms with Crippen LogP contribution in [0.25, 0.3) is 0 Å². The van der Waals surface area contributed by atoms with Crippen LogP contribution >= 0.6 is 0 Å². The average Bonchev–Trinajstić information content (AvgIpc) is 2.27. The summed E-state index contributed by atoms with van der Waals surface area (Å²) in [6.07, 6.45) is 0. The van der Waals surface area contributed by atoms with Gasteiger partial charge in [0.25, 0.3) is 0 Å². The van der Waals surface area contributed by atoms with Gasteiger partial charge in [-0.25, -0.2) is 4.79 Å². The van der Waals surface area contributed by atoms with Crippen molar-refractivity contribution in [3.05, 3.63) is 35.4 Å². The second-order valence-electron chi connectivity index (χ2n) is 5.30. The number of ether oxygens (including phenoxy) is 1. The summed E-state index contributed by atoms with van der Waals surface area (Å²) in [6.45, 7) is 7.23. The molecule has 1 N–H and O–H groups in total. The minimum absolute atomic E-state index is 0.00898. The molecule has 0 aliphatic carbocycles. The Bertz CT molecular complexity index is 365. The van der Waals surface area contributed by atoms with Gasteiger partial charge < -0.3 is 9.84 Å². The third kappa shape index (κ3) is 5.15. The standard InChI is InChI=1S/C13H20O3Si/c1-17(2,3)9-8-16-13(15)12-6-4-11(10-14)5-7-12/h4-7,14H,8-10H2,1-3H3. The third-order valence-corrected chi connectivity index (χ3v) is 4.16. The van der Waals surface area contributed by atoms with Crippen LogP contribution in [0.1, 0.15) is 15.9 Å². The Balaban J connectivity index is 2.47. The molecular weight excluding hydrogens is 232 g/mol. The molecule has 0 saturated carbocycles. The first-order valence-electron chi connectivity index (χ1n) is 5.79. The van der Waals surface area contributed by atoms with E-state index in [1.165, 1.54) is 0 Å². The molecule has 17 heavy (non-hydrogen) atoms. The van der Waals surface area contributed by atoms with Gasteiger partial charge in [-0.3, -0.25) is 0 Å². The summed E-state index contributed by atoms with van der Waals surface area (Å²) in [5, 5.41) is 8.89. The van der Waals surface area contributed by atoms with Crippen molar-refractivity contribution in [2.24, 2.45) is 0 Å². The first-order valence-corrected chi connectivity index (χ1v) is 9.50.